The van der Waals surface area contributed by atoms with Gasteiger partial charge in [0.2, 0.25) is 0 Å². The van der Waals surface area contributed by atoms with Crippen molar-refractivity contribution in [3.63, 3.8) is 0 Å². The molecule has 0 aliphatic heterocycles. The van der Waals surface area contributed by atoms with Crippen LogP contribution in [0.15, 0.2) is 30.3 Å². The first-order chi connectivity index (χ1) is 9.13. The zero-order valence-corrected chi connectivity index (χ0v) is 11.1. The molecule has 0 saturated carbocycles. The highest BCUT2D eigenvalue weighted by Crippen LogP contribution is 2.21. The number of methoxy groups -OCH3 is 2. The third-order valence-corrected chi connectivity index (χ3v) is 2.34. The molecule has 0 saturated heterocycles. The summed E-state index contributed by atoms with van der Waals surface area (Å²) in [4.78, 5) is 23.0. The molecule has 0 atom stereocenters. The molecule has 102 valence electrons. The number of carbonyl (C=O) groups is 2. The molecular weight excluding hydrogens is 248 g/mol. The molecule has 19 heavy (non-hydrogen) atoms. The molecule has 0 fully saturated rings. The second-order valence-electron chi connectivity index (χ2n) is 3.58. The molecule has 5 heteroatoms. The number of para-hydroxylation sites is 1. The van der Waals surface area contributed by atoms with E-state index in [1.165, 1.54) is 14.2 Å². The van der Waals surface area contributed by atoms with Gasteiger partial charge in [-0.05, 0) is 13.0 Å². The molecule has 0 aromatic heterocycles. The molecule has 0 aliphatic rings. The molecule has 1 rings (SSSR count). The van der Waals surface area contributed by atoms with Crippen molar-refractivity contribution in [2.75, 3.05) is 14.2 Å². The van der Waals surface area contributed by atoms with Crippen LogP contribution in [-0.2, 0) is 19.1 Å². The average molecular weight is 264 g/mol. The van der Waals surface area contributed by atoms with E-state index in [1.807, 2.05) is 19.1 Å². The minimum Gasteiger partial charge on any atom is -0.466 e. The van der Waals surface area contributed by atoms with Crippen molar-refractivity contribution in [3.8, 4) is 5.75 Å². The Kier molecular flexibility index (Phi) is 5.60. The van der Waals surface area contributed by atoms with E-state index in [0.717, 1.165) is 5.56 Å². The van der Waals surface area contributed by atoms with Gasteiger partial charge in [0, 0.05) is 5.56 Å². The lowest BCUT2D eigenvalue weighted by atomic mass is 10.2. The van der Waals surface area contributed by atoms with Gasteiger partial charge in [0.15, 0.2) is 0 Å². The molecule has 0 aliphatic carbocycles. The predicted octanol–water partition coefficient (Wildman–Crippen LogP) is 1.81. The summed E-state index contributed by atoms with van der Waals surface area (Å²) in [6.07, 6.45) is 2.20. The van der Waals surface area contributed by atoms with Crippen LogP contribution in [-0.4, -0.2) is 32.3 Å². The van der Waals surface area contributed by atoms with Crippen molar-refractivity contribution < 1.29 is 23.8 Å². The summed E-state index contributed by atoms with van der Waals surface area (Å²) >= 11 is 0. The maximum atomic E-state index is 11.5. The predicted molar refractivity (Wildman–Crippen MR) is 69.6 cm³/mol. The van der Waals surface area contributed by atoms with Gasteiger partial charge in [0.1, 0.15) is 5.75 Å². The molecule has 0 bridgehead atoms. The van der Waals surface area contributed by atoms with Crippen molar-refractivity contribution in [1.82, 2.24) is 0 Å². The Balaban J connectivity index is 3.02. The first-order valence-electron chi connectivity index (χ1n) is 5.68. The number of benzene rings is 1. The molecule has 1 aromatic carbocycles. The Labute approximate surface area is 111 Å². The van der Waals surface area contributed by atoms with Gasteiger partial charge in [-0.15, -0.1) is 0 Å². The Bertz CT molecular complexity index is 462. The molecular formula is C14H16O5. The lowest BCUT2D eigenvalue weighted by Crippen LogP contribution is -2.37. The van der Waals surface area contributed by atoms with Crippen molar-refractivity contribution in [1.29, 1.82) is 0 Å². The third-order valence-electron chi connectivity index (χ3n) is 2.34. The molecule has 0 unspecified atom stereocenters. The fourth-order valence-electron chi connectivity index (χ4n) is 1.44. The van der Waals surface area contributed by atoms with E-state index < -0.39 is 18.0 Å². The van der Waals surface area contributed by atoms with Crippen molar-refractivity contribution >= 4 is 18.0 Å². The van der Waals surface area contributed by atoms with Crippen LogP contribution in [0.5, 0.6) is 5.75 Å². The van der Waals surface area contributed by atoms with Gasteiger partial charge < -0.3 is 14.2 Å². The highest BCUT2D eigenvalue weighted by atomic mass is 16.6. The minimum atomic E-state index is -1.43. The highest BCUT2D eigenvalue weighted by Gasteiger charge is 2.31. The standard InChI is InChI=1S/C14H16O5/c1-4-7-10-8-5-6-9-11(10)19-12(13(15)17-2)14(16)18-3/h4-9,12H,1-3H3/b7-4+. The van der Waals surface area contributed by atoms with E-state index >= 15 is 0 Å². The first kappa shape index (κ1) is 14.8. The van der Waals surface area contributed by atoms with E-state index in [0.29, 0.717) is 5.75 Å². The largest absolute Gasteiger partial charge is 0.466 e. The molecule has 1 aromatic rings. The quantitative estimate of drug-likeness (QED) is 0.599. The maximum Gasteiger partial charge on any atom is 0.359 e. The molecule has 0 spiro atoms. The highest BCUT2D eigenvalue weighted by molar-refractivity contribution is 5.98. The van der Waals surface area contributed by atoms with Gasteiger partial charge in [-0.1, -0.05) is 30.4 Å². The number of allylic oxidation sites excluding steroid dienone is 1. The van der Waals surface area contributed by atoms with E-state index in [9.17, 15) is 9.59 Å². The summed E-state index contributed by atoms with van der Waals surface area (Å²) in [6.45, 7) is 1.86. The Morgan fingerprint density at radius 1 is 1.11 bits per heavy atom. The van der Waals surface area contributed by atoms with Crippen LogP contribution in [0, 0.1) is 0 Å². The molecule has 0 heterocycles. The zero-order valence-electron chi connectivity index (χ0n) is 11.1. The number of esters is 2. The van der Waals surface area contributed by atoms with Crippen molar-refractivity contribution in [2.24, 2.45) is 0 Å². The Hall–Kier alpha value is -2.30. The second kappa shape index (κ2) is 7.20. The number of hydrogen-bond donors (Lipinski definition) is 0. The second-order valence-corrected chi connectivity index (χ2v) is 3.58. The van der Waals surface area contributed by atoms with Crippen LogP contribution in [0.3, 0.4) is 0 Å². The van der Waals surface area contributed by atoms with Gasteiger partial charge in [-0.3, -0.25) is 0 Å². The lowest BCUT2D eigenvalue weighted by molar-refractivity contribution is -0.163. The third kappa shape index (κ3) is 3.84. The van der Waals surface area contributed by atoms with Crippen molar-refractivity contribution in [3.05, 3.63) is 35.9 Å². The van der Waals surface area contributed by atoms with Crippen molar-refractivity contribution in [2.45, 2.75) is 13.0 Å². The smallest absolute Gasteiger partial charge is 0.359 e. The summed E-state index contributed by atoms with van der Waals surface area (Å²) in [5.41, 5.74) is 0.753. The van der Waals surface area contributed by atoms with E-state index in [4.69, 9.17) is 4.74 Å². The van der Waals surface area contributed by atoms with Gasteiger partial charge in [-0.2, -0.15) is 0 Å². The summed E-state index contributed by atoms with van der Waals surface area (Å²) in [7, 11) is 2.36. The zero-order chi connectivity index (χ0) is 14.3. The van der Waals surface area contributed by atoms with Crippen LogP contribution in [0.25, 0.3) is 6.08 Å². The summed E-state index contributed by atoms with van der Waals surface area (Å²) < 4.78 is 14.5. The number of rotatable bonds is 5. The van der Waals surface area contributed by atoms with E-state index in [-0.39, 0.29) is 0 Å². The summed E-state index contributed by atoms with van der Waals surface area (Å²) in [6, 6.07) is 7.04. The van der Waals surface area contributed by atoms with Gasteiger partial charge in [-0.25, -0.2) is 9.59 Å². The minimum absolute atomic E-state index is 0.404. The van der Waals surface area contributed by atoms with E-state index in [2.05, 4.69) is 9.47 Å². The number of ether oxygens (including phenoxy) is 3. The van der Waals surface area contributed by atoms with Gasteiger partial charge in [0.05, 0.1) is 14.2 Å². The van der Waals surface area contributed by atoms with Crippen LogP contribution >= 0.6 is 0 Å². The molecule has 5 nitrogen and oxygen atoms in total. The molecule has 0 radical (unpaired) electrons. The number of carbonyl (C=O) groups excluding carboxylic acids is 2. The van der Waals surface area contributed by atoms with Crippen LogP contribution in [0.4, 0.5) is 0 Å². The topological polar surface area (TPSA) is 61.8 Å². The van der Waals surface area contributed by atoms with Gasteiger partial charge in [0.25, 0.3) is 6.10 Å². The van der Waals surface area contributed by atoms with Crippen LogP contribution in [0.2, 0.25) is 0 Å². The summed E-state index contributed by atoms with van der Waals surface area (Å²) in [5, 5.41) is 0. The van der Waals surface area contributed by atoms with E-state index in [1.54, 1.807) is 24.3 Å². The monoisotopic (exact) mass is 264 g/mol. The fourth-order valence-corrected chi connectivity index (χ4v) is 1.44. The first-order valence-corrected chi connectivity index (χ1v) is 5.68. The van der Waals surface area contributed by atoms with Crippen LogP contribution < -0.4 is 4.74 Å². The summed E-state index contributed by atoms with van der Waals surface area (Å²) in [5.74, 6) is -1.20. The SMILES string of the molecule is C/C=C/c1ccccc1OC(C(=O)OC)C(=O)OC. The Morgan fingerprint density at radius 3 is 2.21 bits per heavy atom. The average Bonchev–Trinajstić information content (AvgIpc) is 2.45. The number of hydrogen-bond acceptors (Lipinski definition) is 5. The Morgan fingerprint density at radius 2 is 1.68 bits per heavy atom. The molecule has 0 N–H and O–H groups in total. The van der Waals surface area contributed by atoms with Gasteiger partial charge >= 0.3 is 11.9 Å². The fraction of sp³-hybridized carbons (Fsp3) is 0.286. The molecule has 0 amide bonds. The van der Waals surface area contributed by atoms with Crippen LogP contribution in [0.1, 0.15) is 12.5 Å². The lowest BCUT2D eigenvalue weighted by Gasteiger charge is -2.16. The normalized spacial score (nSPS) is 10.5. The maximum absolute atomic E-state index is 11.5.